The summed E-state index contributed by atoms with van der Waals surface area (Å²) in [6, 6.07) is 15.6. The summed E-state index contributed by atoms with van der Waals surface area (Å²) in [4.78, 5) is 42.8. The fourth-order valence-corrected chi connectivity index (χ4v) is 3.42. The first kappa shape index (κ1) is 20.5. The summed E-state index contributed by atoms with van der Waals surface area (Å²) in [5.41, 5.74) is -0.633. The monoisotopic (exact) mass is 438 g/mol. The number of benzene rings is 2. The summed E-state index contributed by atoms with van der Waals surface area (Å²) in [5.74, 6) is -1.24. The molecule has 7 nitrogen and oxygen atoms in total. The Morgan fingerprint density at radius 3 is 2.52 bits per heavy atom. The Balaban J connectivity index is 1.78. The van der Waals surface area contributed by atoms with Crippen molar-refractivity contribution in [1.82, 2.24) is 14.1 Å². The fraction of sp³-hybridized carbons (Fsp3) is 0.0909. The molecule has 0 atom stereocenters. The van der Waals surface area contributed by atoms with E-state index in [2.05, 4.69) is 10.3 Å². The number of nitrogens with zero attached hydrogens (tertiary/aromatic N) is 3. The molecule has 0 aliphatic heterocycles. The largest absolute Gasteiger partial charge is 0.333 e. The number of aromatic nitrogens is 3. The van der Waals surface area contributed by atoms with Crippen molar-refractivity contribution in [3.8, 4) is 0 Å². The van der Waals surface area contributed by atoms with Crippen molar-refractivity contribution in [3.05, 3.63) is 104 Å². The number of fused-ring (bicyclic) bond motifs is 1. The van der Waals surface area contributed by atoms with Crippen LogP contribution in [0.5, 0.6) is 0 Å². The van der Waals surface area contributed by atoms with E-state index in [1.807, 2.05) is 0 Å². The van der Waals surface area contributed by atoms with E-state index in [1.54, 1.807) is 36.4 Å². The molecule has 2 aromatic carbocycles. The Kier molecular flexibility index (Phi) is 5.64. The number of hydrogen-bond acceptors (Lipinski definition) is 4. The first-order valence-electron chi connectivity index (χ1n) is 9.32. The first-order chi connectivity index (χ1) is 15.0. The Morgan fingerprint density at radius 2 is 1.74 bits per heavy atom. The van der Waals surface area contributed by atoms with Gasteiger partial charge in [-0.15, -0.1) is 0 Å². The van der Waals surface area contributed by atoms with Crippen LogP contribution in [0.2, 0.25) is 5.02 Å². The van der Waals surface area contributed by atoms with E-state index >= 15 is 0 Å². The average Bonchev–Trinajstić information content (AvgIpc) is 2.77. The van der Waals surface area contributed by atoms with Crippen molar-refractivity contribution in [2.24, 2.45) is 0 Å². The molecule has 0 bridgehead atoms. The van der Waals surface area contributed by atoms with Crippen molar-refractivity contribution in [1.29, 1.82) is 0 Å². The summed E-state index contributed by atoms with van der Waals surface area (Å²) >= 11 is 6.19. The molecule has 4 aromatic rings. The summed E-state index contributed by atoms with van der Waals surface area (Å²) in [5, 5.41) is 3.01. The highest BCUT2D eigenvalue weighted by Gasteiger charge is 2.17. The second kappa shape index (κ2) is 8.53. The van der Waals surface area contributed by atoms with E-state index in [4.69, 9.17) is 11.6 Å². The van der Waals surface area contributed by atoms with Crippen LogP contribution in [0.15, 0.2) is 76.4 Å². The highest BCUT2D eigenvalue weighted by Crippen LogP contribution is 2.16. The SMILES string of the molecule is O=C(Cn1c(=O)n(Cc2ccccc2Cl)c(=O)c2cccnc21)Nc1ccccc1F. The van der Waals surface area contributed by atoms with Crippen LogP contribution < -0.4 is 16.6 Å². The minimum Gasteiger partial charge on any atom is -0.322 e. The van der Waals surface area contributed by atoms with Gasteiger partial charge in [-0.1, -0.05) is 41.9 Å². The normalized spacial score (nSPS) is 10.9. The quantitative estimate of drug-likeness (QED) is 0.519. The van der Waals surface area contributed by atoms with Crippen molar-refractivity contribution >= 4 is 34.2 Å². The summed E-state index contributed by atoms with van der Waals surface area (Å²) in [7, 11) is 0. The van der Waals surface area contributed by atoms with Gasteiger partial charge in [-0.2, -0.15) is 0 Å². The zero-order valence-corrected chi connectivity index (χ0v) is 16.8. The maximum absolute atomic E-state index is 13.9. The topological polar surface area (TPSA) is 86.0 Å². The van der Waals surface area contributed by atoms with E-state index in [0.717, 1.165) is 9.13 Å². The zero-order chi connectivity index (χ0) is 22.0. The Bertz CT molecular complexity index is 1410. The molecule has 1 amide bonds. The van der Waals surface area contributed by atoms with Crippen LogP contribution in [0.1, 0.15) is 5.56 Å². The number of nitrogens with one attached hydrogen (secondary N) is 1. The van der Waals surface area contributed by atoms with Crippen molar-refractivity contribution in [2.75, 3.05) is 5.32 Å². The lowest BCUT2D eigenvalue weighted by Gasteiger charge is -2.14. The molecule has 0 radical (unpaired) electrons. The van der Waals surface area contributed by atoms with Gasteiger partial charge in [0.25, 0.3) is 5.56 Å². The predicted octanol–water partition coefficient (Wildman–Crippen LogP) is 3.04. The van der Waals surface area contributed by atoms with Gasteiger partial charge in [-0.25, -0.2) is 14.2 Å². The third-order valence-electron chi connectivity index (χ3n) is 4.72. The van der Waals surface area contributed by atoms with E-state index in [1.165, 1.54) is 30.5 Å². The van der Waals surface area contributed by atoms with Crippen LogP contribution in [0.3, 0.4) is 0 Å². The van der Waals surface area contributed by atoms with E-state index in [-0.39, 0.29) is 23.3 Å². The first-order valence-corrected chi connectivity index (χ1v) is 9.69. The van der Waals surface area contributed by atoms with E-state index in [0.29, 0.717) is 10.6 Å². The summed E-state index contributed by atoms with van der Waals surface area (Å²) in [6.07, 6.45) is 1.42. The number of halogens is 2. The second-order valence-electron chi connectivity index (χ2n) is 6.75. The molecular weight excluding hydrogens is 423 g/mol. The van der Waals surface area contributed by atoms with Crippen LogP contribution in [-0.2, 0) is 17.9 Å². The van der Waals surface area contributed by atoms with E-state index < -0.39 is 29.5 Å². The molecule has 0 spiro atoms. The number of carbonyl (C=O) groups is 1. The Morgan fingerprint density at radius 1 is 1.00 bits per heavy atom. The smallest absolute Gasteiger partial charge is 0.322 e. The molecule has 9 heteroatoms. The van der Waals surface area contributed by atoms with Crippen molar-refractivity contribution in [3.63, 3.8) is 0 Å². The molecule has 0 aliphatic carbocycles. The van der Waals surface area contributed by atoms with Crippen molar-refractivity contribution < 1.29 is 9.18 Å². The maximum atomic E-state index is 13.9. The maximum Gasteiger partial charge on any atom is 0.333 e. The number of rotatable bonds is 5. The van der Waals surface area contributed by atoms with Crippen LogP contribution in [0.25, 0.3) is 11.0 Å². The summed E-state index contributed by atoms with van der Waals surface area (Å²) < 4.78 is 16.0. The van der Waals surface area contributed by atoms with E-state index in [9.17, 15) is 18.8 Å². The number of hydrogen-bond donors (Lipinski definition) is 1. The third-order valence-corrected chi connectivity index (χ3v) is 5.08. The molecular formula is C22H16ClFN4O3. The molecule has 2 aromatic heterocycles. The molecule has 0 saturated heterocycles. The van der Waals surface area contributed by atoms with Gasteiger partial charge in [0.2, 0.25) is 5.91 Å². The molecule has 1 N–H and O–H groups in total. The van der Waals surface area contributed by atoms with Gasteiger partial charge in [0.1, 0.15) is 18.0 Å². The average molecular weight is 439 g/mol. The highest BCUT2D eigenvalue weighted by molar-refractivity contribution is 6.31. The minimum atomic E-state index is -0.722. The van der Waals surface area contributed by atoms with Gasteiger partial charge >= 0.3 is 5.69 Å². The van der Waals surface area contributed by atoms with Gasteiger partial charge in [0, 0.05) is 11.2 Å². The number of para-hydroxylation sites is 1. The lowest BCUT2D eigenvalue weighted by Crippen LogP contribution is -2.42. The third kappa shape index (κ3) is 4.10. The Labute approximate surface area is 180 Å². The molecule has 31 heavy (non-hydrogen) atoms. The lowest BCUT2D eigenvalue weighted by atomic mass is 10.2. The molecule has 4 rings (SSSR count). The molecule has 2 heterocycles. The second-order valence-corrected chi connectivity index (χ2v) is 7.16. The zero-order valence-electron chi connectivity index (χ0n) is 16.1. The molecule has 0 saturated carbocycles. The number of pyridine rings is 1. The van der Waals surface area contributed by atoms with Gasteiger partial charge in [-0.05, 0) is 35.9 Å². The molecule has 0 unspecified atom stereocenters. The minimum absolute atomic E-state index is 0.0118. The number of carbonyl (C=O) groups excluding carboxylic acids is 1. The van der Waals surface area contributed by atoms with Crippen LogP contribution in [-0.4, -0.2) is 20.0 Å². The fourth-order valence-electron chi connectivity index (χ4n) is 3.22. The van der Waals surface area contributed by atoms with Gasteiger partial charge in [0.15, 0.2) is 0 Å². The molecule has 0 aliphatic rings. The number of anilines is 1. The standard InChI is InChI=1S/C22H16ClFN4O3/c23-16-8-2-1-6-14(16)12-28-21(30)15-7-5-11-25-20(15)27(22(28)31)13-19(29)26-18-10-4-3-9-17(18)24/h1-11H,12-13H2,(H,26,29). The van der Waals surface area contributed by atoms with Crippen LogP contribution >= 0.6 is 11.6 Å². The molecule has 156 valence electrons. The lowest BCUT2D eigenvalue weighted by molar-refractivity contribution is -0.116. The van der Waals surface area contributed by atoms with Gasteiger partial charge in [0.05, 0.1) is 17.6 Å². The summed E-state index contributed by atoms with van der Waals surface area (Å²) in [6.45, 7) is -0.527. The van der Waals surface area contributed by atoms with Gasteiger partial charge in [-0.3, -0.25) is 18.7 Å². The highest BCUT2D eigenvalue weighted by atomic mass is 35.5. The van der Waals surface area contributed by atoms with Crippen LogP contribution in [0, 0.1) is 5.82 Å². The number of amides is 1. The van der Waals surface area contributed by atoms with Crippen LogP contribution in [0.4, 0.5) is 10.1 Å². The van der Waals surface area contributed by atoms with Crippen molar-refractivity contribution in [2.45, 2.75) is 13.1 Å². The van der Waals surface area contributed by atoms with Gasteiger partial charge < -0.3 is 5.32 Å². The predicted molar refractivity (Wildman–Crippen MR) is 116 cm³/mol. The Hall–Kier alpha value is -3.78. The molecule has 0 fully saturated rings.